The zero-order valence-corrected chi connectivity index (χ0v) is 19.4. The normalized spacial score (nSPS) is 27.5. The highest BCUT2D eigenvalue weighted by Crippen LogP contribution is 2.51. The molecule has 6 rings (SSSR count). The number of hydrogen-bond donors (Lipinski definition) is 1. The number of likely N-dealkylation sites (tertiary alicyclic amines) is 1. The van der Waals surface area contributed by atoms with Crippen LogP contribution in [0.4, 0.5) is 0 Å². The third-order valence-electron chi connectivity index (χ3n) is 7.84. The van der Waals surface area contributed by atoms with E-state index in [1.54, 1.807) is 25.4 Å². The number of nitrogens with one attached hydrogen (secondary N) is 1. The summed E-state index contributed by atoms with van der Waals surface area (Å²) in [6.07, 6.45) is 5.08. The van der Waals surface area contributed by atoms with Gasteiger partial charge in [0.1, 0.15) is 6.04 Å². The number of carbonyl (C=O) groups excluding carboxylic acids is 4. The van der Waals surface area contributed by atoms with Gasteiger partial charge in [0, 0.05) is 44.3 Å². The largest absolute Gasteiger partial charge is 0.384 e. The summed E-state index contributed by atoms with van der Waals surface area (Å²) in [5.41, 5.74) is 2.20. The SMILES string of the molecule is COCC1CC2(CCN2C(=O)c2cn(-c3ccc4c(c3)CN(C3CCC(=O)NC3=O)C4=O)nn2)C1. The molecule has 4 amide bonds. The molecule has 2 saturated heterocycles. The lowest BCUT2D eigenvalue weighted by Crippen LogP contribution is -2.68. The van der Waals surface area contributed by atoms with E-state index < -0.39 is 11.9 Å². The van der Waals surface area contributed by atoms with E-state index in [1.807, 2.05) is 11.0 Å². The van der Waals surface area contributed by atoms with Crippen LogP contribution < -0.4 is 5.32 Å². The van der Waals surface area contributed by atoms with Gasteiger partial charge in [0.25, 0.3) is 11.8 Å². The molecule has 11 nitrogen and oxygen atoms in total. The molecule has 182 valence electrons. The zero-order valence-electron chi connectivity index (χ0n) is 19.4. The van der Waals surface area contributed by atoms with Crippen molar-refractivity contribution in [1.82, 2.24) is 30.1 Å². The number of methoxy groups -OCH3 is 1. The molecule has 1 aromatic carbocycles. The fourth-order valence-electron chi connectivity index (χ4n) is 5.98. The minimum Gasteiger partial charge on any atom is -0.384 e. The molecule has 11 heteroatoms. The molecule has 1 spiro atoms. The quantitative estimate of drug-likeness (QED) is 0.626. The van der Waals surface area contributed by atoms with Gasteiger partial charge in [-0.2, -0.15) is 0 Å². The van der Waals surface area contributed by atoms with Crippen molar-refractivity contribution >= 4 is 23.6 Å². The molecular weight excluding hydrogens is 452 g/mol. The van der Waals surface area contributed by atoms with E-state index in [0.29, 0.717) is 29.3 Å². The third kappa shape index (κ3) is 3.44. The number of fused-ring (bicyclic) bond motifs is 1. The summed E-state index contributed by atoms with van der Waals surface area (Å²) < 4.78 is 6.78. The second kappa shape index (κ2) is 7.98. The average molecular weight is 479 g/mol. The maximum absolute atomic E-state index is 13.1. The molecule has 35 heavy (non-hydrogen) atoms. The standard InChI is InChI=1S/C24H26N6O5/c1-35-13-14-9-24(10-14)6-7-29(24)23(34)18-12-30(27-26-18)16-2-3-17-15(8-16)11-28(22(17)33)19-4-5-20(31)25-21(19)32/h2-3,8,12,14,19H,4-7,9-11,13H2,1H3,(H,25,31,32). The van der Waals surface area contributed by atoms with Crippen molar-refractivity contribution in [2.45, 2.75) is 50.2 Å². The summed E-state index contributed by atoms with van der Waals surface area (Å²) in [6, 6.07) is 4.62. The van der Waals surface area contributed by atoms with Crippen LogP contribution in [0.2, 0.25) is 0 Å². The summed E-state index contributed by atoms with van der Waals surface area (Å²) in [5, 5.41) is 10.6. The summed E-state index contributed by atoms with van der Waals surface area (Å²) >= 11 is 0. The van der Waals surface area contributed by atoms with Crippen LogP contribution in [0.25, 0.3) is 5.69 Å². The van der Waals surface area contributed by atoms with E-state index in [9.17, 15) is 19.2 Å². The highest BCUT2D eigenvalue weighted by Gasteiger charge is 2.56. The predicted octanol–water partition coefficient (Wildman–Crippen LogP) is 0.669. The molecule has 1 atom stereocenters. The van der Waals surface area contributed by atoms with Crippen LogP contribution in [0.5, 0.6) is 0 Å². The monoisotopic (exact) mass is 478 g/mol. The number of piperidine rings is 1. The molecule has 4 heterocycles. The molecule has 0 bridgehead atoms. The fourth-order valence-corrected chi connectivity index (χ4v) is 5.98. The Kier molecular flexibility index (Phi) is 4.99. The third-order valence-corrected chi connectivity index (χ3v) is 7.84. The smallest absolute Gasteiger partial charge is 0.276 e. The first-order valence-electron chi connectivity index (χ1n) is 11.9. The molecule has 1 saturated carbocycles. The Labute approximate surface area is 201 Å². The zero-order chi connectivity index (χ0) is 24.3. The van der Waals surface area contributed by atoms with Crippen molar-refractivity contribution in [3.63, 3.8) is 0 Å². The van der Waals surface area contributed by atoms with Gasteiger partial charge in [-0.1, -0.05) is 5.21 Å². The Bertz CT molecular complexity index is 1250. The lowest BCUT2D eigenvalue weighted by atomic mass is 9.61. The van der Waals surface area contributed by atoms with E-state index in [4.69, 9.17) is 4.74 Å². The van der Waals surface area contributed by atoms with Crippen molar-refractivity contribution < 1.29 is 23.9 Å². The van der Waals surface area contributed by atoms with Crippen LogP contribution in [-0.2, 0) is 20.9 Å². The Balaban J connectivity index is 1.17. The van der Waals surface area contributed by atoms with Crippen molar-refractivity contribution in [3.05, 3.63) is 41.2 Å². The second-order valence-electron chi connectivity index (χ2n) is 9.95. The first-order chi connectivity index (χ1) is 16.9. The number of amides is 4. The van der Waals surface area contributed by atoms with Gasteiger partial charge in [0.15, 0.2) is 5.69 Å². The average Bonchev–Trinajstić information content (AvgIpc) is 3.40. The molecule has 1 unspecified atom stereocenters. The summed E-state index contributed by atoms with van der Waals surface area (Å²) in [7, 11) is 1.70. The number of rotatable bonds is 5. The van der Waals surface area contributed by atoms with Crippen molar-refractivity contribution in [1.29, 1.82) is 0 Å². The molecule has 3 fully saturated rings. The summed E-state index contributed by atoms with van der Waals surface area (Å²) in [5.74, 6) is -0.596. The van der Waals surface area contributed by atoms with Crippen LogP contribution in [0.1, 0.15) is 58.5 Å². The fraction of sp³-hybridized carbons (Fsp3) is 0.500. The maximum Gasteiger partial charge on any atom is 0.276 e. The van der Waals surface area contributed by atoms with Gasteiger partial charge in [-0.15, -0.1) is 5.10 Å². The Morgan fingerprint density at radius 2 is 2.09 bits per heavy atom. The Hall–Kier alpha value is -3.60. The van der Waals surface area contributed by atoms with E-state index in [0.717, 1.165) is 38.0 Å². The van der Waals surface area contributed by atoms with Crippen molar-refractivity contribution in [2.24, 2.45) is 5.92 Å². The number of ether oxygens (including phenoxy) is 1. The van der Waals surface area contributed by atoms with E-state index >= 15 is 0 Å². The van der Waals surface area contributed by atoms with Crippen LogP contribution >= 0.6 is 0 Å². The first-order valence-corrected chi connectivity index (χ1v) is 11.9. The van der Waals surface area contributed by atoms with Gasteiger partial charge in [0.05, 0.1) is 11.9 Å². The van der Waals surface area contributed by atoms with E-state index in [2.05, 4.69) is 15.6 Å². The maximum atomic E-state index is 13.1. The number of imide groups is 1. The van der Waals surface area contributed by atoms with Gasteiger partial charge in [0.2, 0.25) is 11.8 Å². The lowest BCUT2D eigenvalue weighted by molar-refractivity contribution is -0.136. The number of hydrogen-bond acceptors (Lipinski definition) is 7. The van der Waals surface area contributed by atoms with Crippen LogP contribution in [0, 0.1) is 5.92 Å². The van der Waals surface area contributed by atoms with Gasteiger partial charge >= 0.3 is 0 Å². The second-order valence-corrected chi connectivity index (χ2v) is 9.95. The Morgan fingerprint density at radius 1 is 1.26 bits per heavy atom. The van der Waals surface area contributed by atoms with Gasteiger partial charge < -0.3 is 14.5 Å². The lowest BCUT2D eigenvalue weighted by Gasteiger charge is -2.61. The highest BCUT2D eigenvalue weighted by molar-refractivity contribution is 6.05. The molecule has 2 aromatic rings. The van der Waals surface area contributed by atoms with E-state index in [1.165, 1.54) is 9.58 Å². The summed E-state index contributed by atoms with van der Waals surface area (Å²) in [6.45, 7) is 1.72. The Morgan fingerprint density at radius 3 is 2.80 bits per heavy atom. The number of benzene rings is 1. The van der Waals surface area contributed by atoms with Gasteiger partial charge in [-0.05, 0) is 55.4 Å². The van der Waals surface area contributed by atoms with Crippen LogP contribution in [0.3, 0.4) is 0 Å². The van der Waals surface area contributed by atoms with Crippen molar-refractivity contribution in [3.8, 4) is 5.69 Å². The predicted molar refractivity (Wildman–Crippen MR) is 120 cm³/mol. The number of aromatic nitrogens is 3. The van der Waals surface area contributed by atoms with E-state index in [-0.39, 0.29) is 36.2 Å². The van der Waals surface area contributed by atoms with Crippen LogP contribution in [0.15, 0.2) is 24.4 Å². The summed E-state index contributed by atoms with van der Waals surface area (Å²) in [4.78, 5) is 53.2. The number of nitrogens with zero attached hydrogens (tertiary/aromatic N) is 5. The van der Waals surface area contributed by atoms with Crippen LogP contribution in [-0.4, -0.2) is 80.3 Å². The molecule has 1 aromatic heterocycles. The molecule has 4 aliphatic rings. The molecule has 1 aliphatic carbocycles. The molecule has 0 radical (unpaired) electrons. The minimum atomic E-state index is -0.662. The minimum absolute atomic E-state index is 0.0581. The molecule has 1 N–H and O–H groups in total. The highest BCUT2D eigenvalue weighted by atomic mass is 16.5. The number of carbonyl (C=O) groups is 4. The van der Waals surface area contributed by atoms with Gasteiger partial charge in [-0.25, -0.2) is 4.68 Å². The molecule has 3 aliphatic heterocycles. The topological polar surface area (TPSA) is 127 Å². The van der Waals surface area contributed by atoms with Crippen molar-refractivity contribution in [2.75, 3.05) is 20.3 Å². The first kappa shape index (κ1) is 21.9. The molecular formula is C24H26N6O5. The van der Waals surface area contributed by atoms with Gasteiger partial charge in [-0.3, -0.25) is 24.5 Å².